The van der Waals surface area contributed by atoms with Crippen molar-refractivity contribution in [3.05, 3.63) is 0 Å². The Morgan fingerprint density at radius 1 is 1.50 bits per heavy atom. The van der Waals surface area contributed by atoms with Crippen LogP contribution in [0.25, 0.3) is 0 Å². The molecular weight excluding hydrogens is 208 g/mol. The van der Waals surface area contributed by atoms with Crippen LogP contribution < -0.4 is 11.2 Å². The number of unbranched alkanes of at least 4 members (excludes halogenated alkanes) is 2. The average molecular weight is 228 g/mol. The summed E-state index contributed by atoms with van der Waals surface area (Å²) < 4.78 is 0. The molecule has 0 radical (unpaired) electrons. The van der Waals surface area contributed by atoms with E-state index in [1.807, 2.05) is 0 Å². The van der Waals surface area contributed by atoms with Gasteiger partial charge >= 0.3 is 5.97 Å². The van der Waals surface area contributed by atoms with Crippen LogP contribution in [0.3, 0.4) is 0 Å². The summed E-state index contributed by atoms with van der Waals surface area (Å²) in [6, 6.07) is -0.753. The van der Waals surface area contributed by atoms with Crippen molar-refractivity contribution in [1.82, 2.24) is 5.48 Å². The van der Waals surface area contributed by atoms with Gasteiger partial charge in [-0.3, -0.25) is 4.79 Å². The number of nitrogens with two attached hydrogens (primary N) is 1. The van der Waals surface area contributed by atoms with E-state index in [-0.39, 0.29) is 0 Å². The first kappa shape index (κ1) is 14.9. The van der Waals surface area contributed by atoms with Crippen LogP contribution >= 0.6 is 0 Å². The van der Waals surface area contributed by atoms with Gasteiger partial charge in [0.2, 0.25) is 0 Å². The highest BCUT2D eigenvalue weighted by molar-refractivity contribution is 5.72. The van der Waals surface area contributed by atoms with Crippen LogP contribution in [0, 0.1) is 12.3 Å². The fourth-order valence-corrected chi connectivity index (χ4v) is 1.08. The highest BCUT2D eigenvalue weighted by Crippen LogP contribution is 1.98. The monoisotopic (exact) mass is 228 g/mol. The van der Waals surface area contributed by atoms with Gasteiger partial charge in [-0.05, 0) is 25.7 Å². The summed E-state index contributed by atoms with van der Waals surface area (Å²) in [5, 5.41) is 8.52. The molecule has 5 nitrogen and oxygen atoms in total. The standard InChI is InChI=1S/C11H20N2O3/c1-2-3-6-9-16-13-8-5-4-7-10(12)11(14)15/h1,10,13H,3-9,12H2,(H,14,15). The third-order valence-corrected chi connectivity index (χ3v) is 2.03. The molecule has 0 rings (SSSR count). The van der Waals surface area contributed by atoms with Crippen LogP contribution in [0.2, 0.25) is 0 Å². The van der Waals surface area contributed by atoms with Gasteiger partial charge in [-0.25, -0.2) is 5.48 Å². The van der Waals surface area contributed by atoms with Gasteiger partial charge in [0.1, 0.15) is 6.04 Å². The van der Waals surface area contributed by atoms with Gasteiger partial charge in [0.05, 0.1) is 6.61 Å². The number of hydroxylamine groups is 1. The summed E-state index contributed by atoms with van der Waals surface area (Å²) in [5.41, 5.74) is 8.13. The first-order chi connectivity index (χ1) is 7.68. The van der Waals surface area contributed by atoms with E-state index in [1.54, 1.807) is 0 Å². The lowest BCUT2D eigenvalue weighted by Crippen LogP contribution is -2.30. The molecule has 0 amide bonds. The summed E-state index contributed by atoms with van der Waals surface area (Å²) in [6.45, 7) is 1.29. The summed E-state index contributed by atoms with van der Waals surface area (Å²) in [5.74, 6) is 1.58. The molecule has 92 valence electrons. The smallest absolute Gasteiger partial charge is 0.320 e. The highest BCUT2D eigenvalue weighted by Gasteiger charge is 2.09. The van der Waals surface area contributed by atoms with Crippen molar-refractivity contribution < 1.29 is 14.7 Å². The minimum atomic E-state index is -0.946. The minimum Gasteiger partial charge on any atom is -0.480 e. The summed E-state index contributed by atoms with van der Waals surface area (Å²) in [4.78, 5) is 15.5. The van der Waals surface area contributed by atoms with E-state index in [0.717, 1.165) is 25.7 Å². The van der Waals surface area contributed by atoms with Gasteiger partial charge in [0.25, 0.3) is 0 Å². The zero-order valence-electron chi connectivity index (χ0n) is 9.45. The SMILES string of the molecule is C#CCCCONCCCCC(N)C(=O)O. The number of nitrogens with one attached hydrogen (secondary N) is 1. The van der Waals surface area contributed by atoms with E-state index in [4.69, 9.17) is 22.1 Å². The first-order valence-electron chi connectivity index (χ1n) is 5.45. The van der Waals surface area contributed by atoms with Crippen LogP contribution in [0.5, 0.6) is 0 Å². The van der Waals surface area contributed by atoms with Crippen molar-refractivity contribution in [2.45, 2.75) is 38.1 Å². The lowest BCUT2D eigenvalue weighted by Gasteiger charge is -2.07. The second-order valence-corrected chi connectivity index (χ2v) is 3.49. The van der Waals surface area contributed by atoms with Crippen molar-refractivity contribution in [3.63, 3.8) is 0 Å². The molecule has 0 aromatic heterocycles. The Bertz CT molecular complexity index is 226. The molecule has 0 aliphatic heterocycles. The number of aliphatic carboxylic acids is 1. The summed E-state index contributed by atoms with van der Waals surface area (Å²) in [6.07, 6.45) is 8.74. The molecule has 0 saturated heterocycles. The second kappa shape index (κ2) is 10.4. The third kappa shape index (κ3) is 9.46. The molecule has 0 aliphatic rings. The molecule has 0 heterocycles. The number of carbonyl (C=O) groups is 1. The predicted molar refractivity (Wildman–Crippen MR) is 61.5 cm³/mol. The molecule has 16 heavy (non-hydrogen) atoms. The van der Waals surface area contributed by atoms with Crippen LogP contribution in [-0.2, 0) is 9.63 Å². The predicted octanol–water partition coefficient (Wildman–Crippen LogP) is 0.503. The molecule has 1 atom stereocenters. The topological polar surface area (TPSA) is 84.6 Å². The van der Waals surface area contributed by atoms with Crippen molar-refractivity contribution in [1.29, 1.82) is 0 Å². The Labute approximate surface area is 96.3 Å². The Hall–Kier alpha value is -1.09. The number of carboxylic acid groups (broad SMARTS) is 1. The molecule has 0 saturated carbocycles. The van der Waals surface area contributed by atoms with E-state index in [0.29, 0.717) is 19.6 Å². The first-order valence-corrected chi connectivity index (χ1v) is 5.45. The molecule has 0 bridgehead atoms. The Balaban J connectivity index is 3.10. The van der Waals surface area contributed by atoms with Crippen LogP contribution in [0.1, 0.15) is 32.1 Å². The number of terminal acetylenes is 1. The fourth-order valence-electron chi connectivity index (χ4n) is 1.08. The fraction of sp³-hybridized carbons (Fsp3) is 0.727. The largest absolute Gasteiger partial charge is 0.480 e. The molecule has 5 heteroatoms. The maximum absolute atomic E-state index is 10.4. The van der Waals surface area contributed by atoms with Crippen LogP contribution in [0.4, 0.5) is 0 Å². The van der Waals surface area contributed by atoms with Crippen LogP contribution in [0.15, 0.2) is 0 Å². The van der Waals surface area contributed by atoms with Gasteiger partial charge in [0, 0.05) is 13.0 Å². The average Bonchev–Trinajstić information content (AvgIpc) is 2.26. The normalized spacial score (nSPS) is 12.0. The third-order valence-electron chi connectivity index (χ3n) is 2.03. The molecule has 0 fully saturated rings. The molecule has 0 aliphatic carbocycles. The number of hydrogen-bond donors (Lipinski definition) is 3. The lowest BCUT2D eigenvalue weighted by atomic mass is 10.1. The van der Waals surface area contributed by atoms with Crippen molar-refractivity contribution in [3.8, 4) is 12.3 Å². The number of rotatable bonds is 10. The molecule has 0 aromatic rings. The lowest BCUT2D eigenvalue weighted by molar-refractivity contribution is -0.138. The molecular formula is C11H20N2O3. The van der Waals surface area contributed by atoms with E-state index in [9.17, 15) is 4.79 Å². The van der Waals surface area contributed by atoms with Crippen molar-refractivity contribution in [2.24, 2.45) is 5.73 Å². The Kier molecular flexibility index (Phi) is 9.72. The van der Waals surface area contributed by atoms with Gasteiger partial charge < -0.3 is 15.7 Å². The Morgan fingerprint density at radius 3 is 2.88 bits per heavy atom. The minimum absolute atomic E-state index is 0.494. The van der Waals surface area contributed by atoms with Crippen molar-refractivity contribution in [2.75, 3.05) is 13.2 Å². The number of carboxylic acids is 1. The van der Waals surface area contributed by atoms with Crippen molar-refractivity contribution >= 4 is 5.97 Å². The Morgan fingerprint density at radius 2 is 2.25 bits per heavy atom. The van der Waals surface area contributed by atoms with Gasteiger partial charge in [-0.2, -0.15) is 0 Å². The molecule has 1 unspecified atom stereocenters. The summed E-state index contributed by atoms with van der Waals surface area (Å²) in [7, 11) is 0. The highest BCUT2D eigenvalue weighted by atomic mass is 16.6. The summed E-state index contributed by atoms with van der Waals surface area (Å²) >= 11 is 0. The zero-order chi connectivity index (χ0) is 12.2. The van der Waals surface area contributed by atoms with E-state index >= 15 is 0 Å². The van der Waals surface area contributed by atoms with Gasteiger partial charge in [-0.15, -0.1) is 12.3 Å². The van der Waals surface area contributed by atoms with Crippen LogP contribution in [-0.4, -0.2) is 30.3 Å². The zero-order valence-corrected chi connectivity index (χ0v) is 9.45. The van der Waals surface area contributed by atoms with E-state index in [2.05, 4.69) is 11.4 Å². The van der Waals surface area contributed by atoms with Gasteiger partial charge in [-0.1, -0.05) is 0 Å². The van der Waals surface area contributed by atoms with Gasteiger partial charge in [0.15, 0.2) is 0 Å². The quantitative estimate of drug-likeness (QED) is 0.288. The number of hydrogen-bond acceptors (Lipinski definition) is 4. The van der Waals surface area contributed by atoms with E-state index < -0.39 is 12.0 Å². The maximum atomic E-state index is 10.4. The van der Waals surface area contributed by atoms with E-state index in [1.165, 1.54) is 0 Å². The second-order valence-electron chi connectivity index (χ2n) is 3.49. The molecule has 0 spiro atoms. The maximum Gasteiger partial charge on any atom is 0.320 e. The molecule has 4 N–H and O–H groups in total. The molecule has 0 aromatic carbocycles.